The van der Waals surface area contributed by atoms with Crippen LogP contribution in [-0.2, 0) is 0 Å². The summed E-state index contributed by atoms with van der Waals surface area (Å²) in [4.78, 5) is 5.30. The Morgan fingerprint density at radius 1 is 1.00 bits per heavy atom. The normalized spacial score (nSPS) is 28.2. The molecule has 0 bridgehead atoms. The molecule has 5 unspecified atom stereocenters. The van der Waals surface area contributed by atoms with Crippen molar-refractivity contribution >= 4 is 22.1 Å². The highest BCUT2D eigenvalue weighted by Crippen LogP contribution is 2.49. The van der Waals surface area contributed by atoms with E-state index in [-0.39, 0.29) is 0 Å². The fourth-order valence-corrected chi connectivity index (χ4v) is 6.28. The van der Waals surface area contributed by atoms with Crippen molar-refractivity contribution in [2.45, 2.75) is 92.0 Å². The summed E-state index contributed by atoms with van der Waals surface area (Å²) in [6.07, 6.45) is 6.98. The molecule has 1 nitrogen and oxygen atoms in total. The van der Waals surface area contributed by atoms with E-state index >= 15 is 0 Å². The van der Waals surface area contributed by atoms with Crippen molar-refractivity contribution in [2.24, 2.45) is 16.8 Å². The number of nitrogens with zero attached hydrogens (tertiary/aromatic N) is 1. The second kappa shape index (κ2) is 8.33. The van der Waals surface area contributed by atoms with E-state index < -0.39 is 0 Å². The molecule has 0 aromatic heterocycles. The molecule has 2 aromatic rings. The molecule has 5 atom stereocenters. The lowest BCUT2D eigenvalue weighted by Crippen LogP contribution is -2.20. The summed E-state index contributed by atoms with van der Waals surface area (Å²) in [6.45, 7) is 16.4. The van der Waals surface area contributed by atoms with Crippen LogP contribution in [0, 0.1) is 11.8 Å². The summed E-state index contributed by atoms with van der Waals surface area (Å²) in [6, 6.07) is 10.1. The van der Waals surface area contributed by atoms with Crippen molar-refractivity contribution in [3.05, 3.63) is 52.6 Å². The number of hydrogen-bond donors (Lipinski definition) is 0. The molecule has 0 radical (unpaired) electrons. The van der Waals surface area contributed by atoms with Gasteiger partial charge in [0.05, 0.1) is 6.04 Å². The molecule has 30 heavy (non-hydrogen) atoms. The van der Waals surface area contributed by atoms with Gasteiger partial charge in [0, 0.05) is 17.2 Å². The molecule has 0 fully saturated rings. The Balaban J connectivity index is 2.15. The molecule has 1 aliphatic heterocycles. The average Bonchev–Trinajstić information content (AvgIpc) is 2.96. The lowest BCUT2D eigenvalue weighted by atomic mass is 9.77. The number of hydrogen-bond acceptors (Lipinski definition) is 1. The van der Waals surface area contributed by atoms with Crippen LogP contribution in [-0.4, -0.2) is 11.8 Å². The van der Waals surface area contributed by atoms with Crippen LogP contribution < -0.4 is 0 Å². The number of rotatable bonds is 4. The number of allylic oxidation sites excluding steroid dienone is 2. The molecule has 0 saturated carbocycles. The third-order valence-corrected chi connectivity index (χ3v) is 8.26. The van der Waals surface area contributed by atoms with Crippen molar-refractivity contribution in [1.29, 1.82) is 0 Å². The van der Waals surface area contributed by atoms with Gasteiger partial charge in [-0.1, -0.05) is 77.8 Å². The van der Waals surface area contributed by atoms with Gasteiger partial charge in [-0.2, -0.15) is 0 Å². The second-order valence-electron chi connectivity index (χ2n) is 9.71. The Bertz CT molecular complexity index is 1010. The fraction of sp³-hybridized carbons (Fsp3) is 0.552. The van der Waals surface area contributed by atoms with Gasteiger partial charge in [-0.05, 0) is 77.5 Å². The summed E-state index contributed by atoms with van der Waals surface area (Å²) in [5.41, 5.74) is 8.79. The number of benzene rings is 2. The summed E-state index contributed by atoms with van der Waals surface area (Å²) in [5.74, 6) is 2.39. The molecule has 1 aliphatic carbocycles. The van der Waals surface area contributed by atoms with Gasteiger partial charge in [-0.3, -0.25) is 4.99 Å². The molecule has 160 valence electrons. The van der Waals surface area contributed by atoms with Crippen LogP contribution in [0.15, 0.2) is 35.3 Å². The highest BCUT2D eigenvalue weighted by atomic mass is 14.8. The maximum absolute atomic E-state index is 5.30. The Labute approximate surface area is 183 Å². The summed E-state index contributed by atoms with van der Waals surface area (Å²) < 4.78 is 0. The highest BCUT2D eigenvalue weighted by Gasteiger charge is 2.34. The van der Waals surface area contributed by atoms with E-state index in [1.54, 1.807) is 5.56 Å². The van der Waals surface area contributed by atoms with Gasteiger partial charge in [0.1, 0.15) is 0 Å². The van der Waals surface area contributed by atoms with Crippen LogP contribution >= 0.6 is 0 Å². The third kappa shape index (κ3) is 3.17. The van der Waals surface area contributed by atoms with E-state index in [9.17, 15) is 0 Å². The van der Waals surface area contributed by atoms with Gasteiger partial charge in [0.2, 0.25) is 0 Å². The number of aliphatic imine (C=N–C) groups is 1. The zero-order valence-corrected chi connectivity index (χ0v) is 20.0. The van der Waals surface area contributed by atoms with E-state index in [0.717, 1.165) is 6.42 Å². The smallest absolute Gasteiger partial charge is 0.0546 e. The molecule has 2 aliphatic rings. The summed E-state index contributed by atoms with van der Waals surface area (Å²) in [5, 5.41) is 3.05. The van der Waals surface area contributed by atoms with Crippen LogP contribution in [0.3, 0.4) is 0 Å². The first kappa shape index (κ1) is 21.3. The highest BCUT2D eigenvalue weighted by molar-refractivity contribution is 6.15. The molecular formula is C29H39N. The lowest BCUT2D eigenvalue weighted by Gasteiger charge is -2.28. The molecule has 1 heteroatoms. The molecule has 0 saturated heterocycles. The summed E-state index contributed by atoms with van der Waals surface area (Å²) in [7, 11) is 0. The third-order valence-electron chi connectivity index (χ3n) is 8.26. The minimum atomic E-state index is 0.326. The van der Waals surface area contributed by atoms with E-state index in [0.29, 0.717) is 29.7 Å². The van der Waals surface area contributed by atoms with Crippen LogP contribution in [0.1, 0.15) is 108 Å². The average molecular weight is 402 g/mol. The van der Waals surface area contributed by atoms with E-state index in [2.05, 4.69) is 78.8 Å². The van der Waals surface area contributed by atoms with Crippen LogP contribution in [0.25, 0.3) is 16.3 Å². The van der Waals surface area contributed by atoms with E-state index in [1.807, 2.05) is 0 Å². The first-order valence-electron chi connectivity index (χ1n) is 12.3. The van der Waals surface area contributed by atoms with Gasteiger partial charge in [0.25, 0.3) is 0 Å². The predicted octanol–water partition coefficient (Wildman–Crippen LogP) is 8.51. The van der Waals surface area contributed by atoms with E-state index in [1.165, 1.54) is 58.0 Å². The van der Waals surface area contributed by atoms with Gasteiger partial charge in [0.15, 0.2) is 0 Å². The fourth-order valence-electron chi connectivity index (χ4n) is 6.28. The SMILES string of the molecule is CC=C1CC(CC)C(C)c2ccc3c4c(ccc1c24)C(C(C)CC)C(C)N=C3CC. The van der Waals surface area contributed by atoms with Gasteiger partial charge >= 0.3 is 0 Å². The maximum atomic E-state index is 5.30. The van der Waals surface area contributed by atoms with Crippen LogP contribution in [0.4, 0.5) is 0 Å². The largest absolute Gasteiger partial charge is 0.285 e. The minimum absolute atomic E-state index is 0.326. The standard InChI is InChI=1S/C29H39N/c1-8-17(5)27-19(7)30-26(11-4)24-14-12-22-18(6)20(9-2)16-21(10-3)23-13-15-25(27)29(24)28(22)23/h10,12-15,17-20,27H,8-9,11,16H2,1-7H3. The van der Waals surface area contributed by atoms with Crippen molar-refractivity contribution in [2.75, 3.05) is 0 Å². The Hall–Kier alpha value is -1.89. The molecule has 4 rings (SSSR count). The molecule has 0 amide bonds. The van der Waals surface area contributed by atoms with Gasteiger partial charge in [-0.15, -0.1) is 0 Å². The van der Waals surface area contributed by atoms with Gasteiger partial charge < -0.3 is 0 Å². The lowest BCUT2D eigenvalue weighted by molar-refractivity contribution is 0.400. The van der Waals surface area contributed by atoms with E-state index in [4.69, 9.17) is 4.99 Å². The van der Waals surface area contributed by atoms with Crippen molar-refractivity contribution in [1.82, 2.24) is 0 Å². The maximum Gasteiger partial charge on any atom is 0.0546 e. The Morgan fingerprint density at radius 2 is 1.67 bits per heavy atom. The second-order valence-corrected chi connectivity index (χ2v) is 9.71. The van der Waals surface area contributed by atoms with Crippen LogP contribution in [0.2, 0.25) is 0 Å². The molecule has 1 heterocycles. The predicted molar refractivity (Wildman–Crippen MR) is 133 cm³/mol. The monoisotopic (exact) mass is 401 g/mol. The topological polar surface area (TPSA) is 12.4 Å². The first-order chi connectivity index (χ1) is 14.5. The molecule has 0 N–H and O–H groups in total. The van der Waals surface area contributed by atoms with Gasteiger partial charge in [-0.25, -0.2) is 0 Å². The van der Waals surface area contributed by atoms with Crippen LogP contribution in [0.5, 0.6) is 0 Å². The molecule has 2 aromatic carbocycles. The van der Waals surface area contributed by atoms with Crippen molar-refractivity contribution in [3.8, 4) is 0 Å². The Morgan fingerprint density at radius 3 is 2.30 bits per heavy atom. The Kier molecular flexibility index (Phi) is 5.93. The van der Waals surface area contributed by atoms with Crippen molar-refractivity contribution < 1.29 is 0 Å². The minimum Gasteiger partial charge on any atom is -0.285 e. The van der Waals surface area contributed by atoms with Crippen molar-refractivity contribution in [3.63, 3.8) is 0 Å². The summed E-state index contributed by atoms with van der Waals surface area (Å²) >= 11 is 0. The zero-order valence-electron chi connectivity index (χ0n) is 20.0. The quantitative estimate of drug-likeness (QED) is 0.487. The zero-order chi connectivity index (χ0) is 21.6. The molecular weight excluding hydrogens is 362 g/mol. The first-order valence-corrected chi connectivity index (χ1v) is 12.3. The molecule has 0 spiro atoms.